The maximum Gasteiger partial charge on any atom is 0.200 e. The van der Waals surface area contributed by atoms with Crippen LogP contribution in [0.3, 0.4) is 0 Å². The van der Waals surface area contributed by atoms with E-state index in [1.54, 1.807) is 45.4 Å². The Labute approximate surface area is 170 Å². The zero-order chi connectivity index (χ0) is 21.1. The third-order valence-electron chi connectivity index (χ3n) is 5.40. The molecule has 0 spiro atoms. The second-order valence-corrected chi connectivity index (χ2v) is 6.98. The van der Waals surface area contributed by atoms with Gasteiger partial charge in [-0.1, -0.05) is 17.9 Å². The SMILES string of the molecule is CC[NH+](CC)Cc1c([O-])ccc2c(=O)c(-c3ccc(OC)c(OC)c3)c(C)oc12. The Kier molecular flexibility index (Phi) is 6.13. The van der Waals surface area contributed by atoms with Gasteiger partial charge >= 0.3 is 0 Å². The molecule has 3 aromatic rings. The lowest BCUT2D eigenvalue weighted by Gasteiger charge is -2.21. The number of aryl methyl sites for hydroxylation is 1. The summed E-state index contributed by atoms with van der Waals surface area (Å²) in [7, 11) is 3.11. The van der Waals surface area contributed by atoms with E-state index in [9.17, 15) is 9.90 Å². The van der Waals surface area contributed by atoms with Gasteiger partial charge < -0.3 is 23.9 Å². The van der Waals surface area contributed by atoms with Crippen LogP contribution < -0.4 is 24.9 Å². The topological polar surface area (TPSA) is 76.2 Å². The summed E-state index contributed by atoms with van der Waals surface area (Å²) in [6.45, 7) is 8.20. The minimum Gasteiger partial charge on any atom is -0.872 e. The smallest absolute Gasteiger partial charge is 0.200 e. The lowest BCUT2D eigenvalue weighted by Crippen LogP contribution is -3.10. The Bertz CT molecular complexity index is 1080. The summed E-state index contributed by atoms with van der Waals surface area (Å²) >= 11 is 0. The van der Waals surface area contributed by atoms with Crippen LogP contribution >= 0.6 is 0 Å². The van der Waals surface area contributed by atoms with Crippen LogP contribution in [0.15, 0.2) is 39.5 Å². The second-order valence-electron chi connectivity index (χ2n) is 6.98. The summed E-state index contributed by atoms with van der Waals surface area (Å²) in [5.74, 6) is 1.48. The van der Waals surface area contributed by atoms with Crippen LogP contribution in [0.5, 0.6) is 17.2 Å². The number of nitrogens with one attached hydrogen (secondary N) is 1. The largest absolute Gasteiger partial charge is 0.872 e. The predicted octanol–water partition coefficient (Wildman–Crippen LogP) is 2.28. The molecule has 1 heterocycles. The molecular formula is C23H27NO5. The van der Waals surface area contributed by atoms with Gasteiger partial charge in [0.2, 0.25) is 5.43 Å². The van der Waals surface area contributed by atoms with Gasteiger partial charge in [0.25, 0.3) is 0 Å². The zero-order valence-electron chi connectivity index (χ0n) is 17.5. The summed E-state index contributed by atoms with van der Waals surface area (Å²) in [6, 6.07) is 8.34. The molecule has 29 heavy (non-hydrogen) atoms. The quantitative estimate of drug-likeness (QED) is 0.662. The fourth-order valence-electron chi connectivity index (χ4n) is 3.65. The van der Waals surface area contributed by atoms with E-state index in [0.717, 1.165) is 13.1 Å². The highest BCUT2D eigenvalue weighted by atomic mass is 16.5. The number of quaternary nitrogens is 1. The number of rotatable bonds is 7. The van der Waals surface area contributed by atoms with Crippen LogP contribution in [-0.4, -0.2) is 27.3 Å². The number of benzene rings is 2. The highest BCUT2D eigenvalue weighted by Crippen LogP contribution is 2.34. The third kappa shape index (κ3) is 3.80. The van der Waals surface area contributed by atoms with Crippen LogP contribution in [0, 0.1) is 6.92 Å². The van der Waals surface area contributed by atoms with Gasteiger partial charge in [0.1, 0.15) is 17.9 Å². The molecule has 0 aliphatic carbocycles. The van der Waals surface area contributed by atoms with Crippen molar-refractivity contribution in [3.05, 3.63) is 51.9 Å². The van der Waals surface area contributed by atoms with Crippen molar-refractivity contribution in [1.82, 2.24) is 0 Å². The zero-order valence-corrected chi connectivity index (χ0v) is 17.5. The number of ether oxygens (including phenoxy) is 2. The van der Waals surface area contributed by atoms with E-state index in [-0.39, 0.29) is 11.2 Å². The molecule has 0 radical (unpaired) electrons. The molecule has 0 aliphatic heterocycles. The number of fused-ring (bicyclic) bond motifs is 1. The highest BCUT2D eigenvalue weighted by Gasteiger charge is 2.19. The Balaban J connectivity index is 2.23. The van der Waals surface area contributed by atoms with Gasteiger partial charge in [-0.2, -0.15) is 0 Å². The van der Waals surface area contributed by atoms with E-state index in [4.69, 9.17) is 13.9 Å². The third-order valence-corrected chi connectivity index (χ3v) is 5.40. The molecule has 0 bridgehead atoms. The first kappa shape index (κ1) is 20.7. The van der Waals surface area contributed by atoms with Crippen molar-refractivity contribution in [2.45, 2.75) is 27.3 Å². The molecule has 0 aliphatic rings. The lowest BCUT2D eigenvalue weighted by atomic mass is 10.0. The first-order valence-corrected chi connectivity index (χ1v) is 9.77. The van der Waals surface area contributed by atoms with Crippen molar-refractivity contribution in [1.29, 1.82) is 0 Å². The molecule has 1 N–H and O–H groups in total. The van der Waals surface area contributed by atoms with Gasteiger partial charge in [0.15, 0.2) is 11.5 Å². The van der Waals surface area contributed by atoms with E-state index >= 15 is 0 Å². The Morgan fingerprint density at radius 3 is 2.34 bits per heavy atom. The van der Waals surface area contributed by atoms with Gasteiger partial charge in [-0.15, -0.1) is 0 Å². The summed E-state index contributed by atoms with van der Waals surface area (Å²) < 4.78 is 16.7. The van der Waals surface area contributed by atoms with Gasteiger partial charge in [0.05, 0.1) is 38.3 Å². The minimum atomic E-state index is -0.160. The molecule has 6 heteroatoms. The standard InChI is InChI=1S/C23H27NO5/c1-6-24(7-2)13-17-18(25)10-9-16-22(26)21(14(3)29-23(16)17)15-8-11-19(27-4)20(12-15)28-5/h8-12,25H,6-7,13H2,1-5H3. The second kappa shape index (κ2) is 8.57. The minimum absolute atomic E-state index is 0.0988. The van der Waals surface area contributed by atoms with Crippen LogP contribution in [0.4, 0.5) is 0 Å². The number of hydrogen-bond donors (Lipinski definition) is 1. The lowest BCUT2D eigenvalue weighted by molar-refractivity contribution is -0.910. The monoisotopic (exact) mass is 397 g/mol. The molecule has 0 saturated carbocycles. The highest BCUT2D eigenvalue weighted by molar-refractivity contribution is 5.86. The fourth-order valence-corrected chi connectivity index (χ4v) is 3.65. The predicted molar refractivity (Wildman–Crippen MR) is 111 cm³/mol. The molecule has 0 saturated heterocycles. The summed E-state index contributed by atoms with van der Waals surface area (Å²) in [5, 5.41) is 12.9. The van der Waals surface area contributed by atoms with Crippen LogP contribution in [0.2, 0.25) is 0 Å². The van der Waals surface area contributed by atoms with Crippen molar-refractivity contribution in [3.63, 3.8) is 0 Å². The van der Waals surface area contributed by atoms with Crippen molar-refractivity contribution in [2.75, 3.05) is 27.3 Å². The van der Waals surface area contributed by atoms with Gasteiger partial charge in [-0.05, 0) is 44.5 Å². The Morgan fingerprint density at radius 2 is 1.72 bits per heavy atom. The van der Waals surface area contributed by atoms with E-state index in [1.807, 2.05) is 0 Å². The fraction of sp³-hybridized carbons (Fsp3) is 0.348. The van der Waals surface area contributed by atoms with Crippen molar-refractivity contribution >= 4 is 11.0 Å². The maximum atomic E-state index is 13.4. The summed E-state index contributed by atoms with van der Waals surface area (Å²) in [5.41, 5.74) is 1.92. The van der Waals surface area contributed by atoms with Crippen molar-refractivity contribution < 1.29 is 23.9 Å². The van der Waals surface area contributed by atoms with Crippen LogP contribution in [-0.2, 0) is 6.54 Å². The summed E-state index contributed by atoms with van der Waals surface area (Å²) in [4.78, 5) is 14.6. The maximum absolute atomic E-state index is 13.4. The Hall–Kier alpha value is -2.99. The van der Waals surface area contributed by atoms with Crippen molar-refractivity contribution in [3.8, 4) is 28.4 Å². The molecule has 1 aromatic heterocycles. The molecule has 154 valence electrons. The normalized spacial score (nSPS) is 11.2. The molecule has 6 nitrogen and oxygen atoms in total. The number of hydrogen-bond acceptors (Lipinski definition) is 5. The number of methoxy groups -OCH3 is 2. The van der Waals surface area contributed by atoms with Crippen LogP contribution in [0.1, 0.15) is 25.2 Å². The molecular weight excluding hydrogens is 370 g/mol. The molecule has 0 fully saturated rings. The average Bonchev–Trinajstić information content (AvgIpc) is 2.73. The molecule has 2 aromatic carbocycles. The van der Waals surface area contributed by atoms with Gasteiger partial charge in [0, 0.05) is 5.56 Å². The first-order valence-electron chi connectivity index (χ1n) is 9.77. The van der Waals surface area contributed by atoms with E-state index < -0.39 is 0 Å². The van der Waals surface area contributed by atoms with Crippen LogP contribution in [0.25, 0.3) is 22.1 Å². The van der Waals surface area contributed by atoms with E-state index in [2.05, 4.69) is 13.8 Å². The molecule has 0 amide bonds. The van der Waals surface area contributed by atoms with E-state index in [1.165, 1.54) is 11.0 Å². The first-order chi connectivity index (χ1) is 13.9. The van der Waals surface area contributed by atoms with E-state index in [0.29, 0.717) is 51.5 Å². The average molecular weight is 397 g/mol. The molecule has 3 rings (SSSR count). The van der Waals surface area contributed by atoms with Gasteiger partial charge in [-0.3, -0.25) is 4.79 Å². The molecule has 0 unspecified atom stereocenters. The van der Waals surface area contributed by atoms with Gasteiger partial charge in [-0.25, -0.2) is 0 Å². The van der Waals surface area contributed by atoms with Crippen molar-refractivity contribution in [2.24, 2.45) is 0 Å². The molecule has 0 atom stereocenters. The summed E-state index contributed by atoms with van der Waals surface area (Å²) in [6.07, 6.45) is 0. The Morgan fingerprint density at radius 1 is 1.03 bits per heavy atom.